The van der Waals surface area contributed by atoms with Gasteiger partial charge in [-0.1, -0.05) is 24.3 Å². The number of carbonyl (C=O) groups is 1. The van der Waals surface area contributed by atoms with Gasteiger partial charge in [-0.3, -0.25) is 10.3 Å². The molecule has 2 aromatic rings. The first-order valence-electron chi connectivity index (χ1n) is 10.3. The number of para-hydroxylation sites is 1. The molecule has 6 nitrogen and oxygen atoms in total. The number of ether oxygens (including phenoxy) is 1. The first kappa shape index (κ1) is 22.2. The van der Waals surface area contributed by atoms with E-state index in [1.165, 1.54) is 0 Å². The van der Waals surface area contributed by atoms with Gasteiger partial charge in [0.15, 0.2) is 0 Å². The second-order valence-electron chi connectivity index (χ2n) is 8.60. The van der Waals surface area contributed by atoms with Gasteiger partial charge in [-0.05, 0) is 76.1 Å². The van der Waals surface area contributed by atoms with Crippen LogP contribution in [0, 0.1) is 6.92 Å². The number of aryl methyl sites for hydroxylation is 1. The van der Waals surface area contributed by atoms with Gasteiger partial charge >= 0.3 is 6.09 Å². The number of nitrogens with two attached hydrogens (primary N) is 1. The van der Waals surface area contributed by atoms with Crippen molar-refractivity contribution < 1.29 is 9.53 Å². The number of aliphatic imine (C=N–C) groups is 1. The van der Waals surface area contributed by atoms with Gasteiger partial charge in [-0.2, -0.15) is 0 Å². The molecular formula is C25H30N4O2. The Balaban J connectivity index is 1.98. The molecule has 0 radical (unpaired) electrons. The molecule has 0 fully saturated rings. The van der Waals surface area contributed by atoms with Crippen LogP contribution in [0.4, 0.5) is 27.5 Å². The van der Waals surface area contributed by atoms with E-state index in [0.29, 0.717) is 12.1 Å². The molecule has 162 valence electrons. The highest BCUT2D eigenvalue weighted by Gasteiger charge is 2.18. The van der Waals surface area contributed by atoms with Crippen molar-refractivity contribution in [3.05, 3.63) is 71.5 Å². The maximum Gasteiger partial charge on any atom is 0.412 e. The summed E-state index contributed by atoms with van der Waals surface area (Å²) < 4.78 is 5.40. The molecule has 2 aromatic carbocycles. The molecule has 1 aliphatic rings. The fourth-order valence-corrected chi connectivity index (χ4v) is 3.11. The summed E-state index contributed by atoms with van der Waals surface area (Å²) >= 11 is 0. The SMILES string of the molecule is CC1=CC(=Nc2cc(C)c(NC(=O)OC(C)(C)C)cc2Nc2ccccc2)CC=C1N. The Morgan fingerprint density at radius 3 is 2.45 bits per heavy atom. The quantitative estimate of drug-likeness (QED) is 0.540. The van der Waals surface area contributed by atoms with E-state index >= 15 is 0 Å². The molecule has 0 atom stereocenters. The van der Waals surface area contributed by atoms with Gasteiger partial charge in [0.25, 0.3) is 0 Å². The van der Waals surface area contributed by atoms with Crippen molar-refractivity contribution in [2.24, 2.45) is 10.7 Å². The number of nitrogens with zero attached hydrogens (tertiary/aromatic N) is 1. The van der Waals surface area contributed by atoms with Gasteiger partial charge in [0.05, 0.1) is 11.4 Å². The van der Waals surface area contributed by atoms with Gasteiger partial charge < -0.3 is 15.8 Å². The smallest absolute Gasteiger partial charge is 0.412 e. The number of carbonyl (C=O) groups excluding carboxylic acids is 1. The van der Waals surface area contributed by atoms with E-state index in [4.69, 9.17) is 15.5 Å². The molecule has 1 amide bonds. The Hall–Kier alpha value is -3.54. The Kier molecular flexibility index (Phi) is 6.49. The molecule has 3 rings (SSSR count). The summed E-state index contributed by atoms with van der Waals surface area (Å²) in [6.07, 6.45) is 4.16. The zero-order valence-electron chi connectivity index (χ0n) is 18.7. The number of allylic oxidation sites excluding steroid dienone is 3. The first-order valence-corrected chi connectivity index (χ1v) is 10.3. The average Bonchev–Trinajstić information content (AvgIpc) is 2.67. The standard InChI is InChI=1S/C25H30N4O2/c1-16-13-19(11-12-20(16)26)28-22-14-17(2)21(29-24(30)31-25(3,4)5)15-23(22)27-18-9-7-6-8-10-18/h6-10,12-15,27H,11,26H2,1-5H3,(H,29,30). The van der Waals surface area contributed by atoms with Crippen molar-refractivity contribution in [1.29, 1.82) is 0 Å². The molecule has 6 heteroatoms. The van der Waals surface area contributed by atoms with E-state index in [1.54, 1.807) is 0 Å². The van der Waals surface area contributed by atoms with Gasteiger partial charge in [0.1, 0.15) is 5.60 Å². The summed E-state index contributed by atoms with van der Waals surface area (Å²) in [5, 5.41) is 6.26. The maximum atomic E-state index is 12.3. The highest BCUT2D eigenvalue weighted by molar-refractivity contribution is 6.01. The molecule has 1 aliphatic carbocycles. The predicted molar refractivity (Wildman–Crippen MR) is 128 cm³/mol. The molecule has 0 saturated carbocycles. The Morgan fingerprint density at radius 1 is 1.10 bits per heavy atom. The normalized spacial score (nSPS) is 15.2. The number of rotatable bonds is 4. The molecule has 0 bridgehead atoms. The predicted octanol–water partition coefficient (Wildman–Crippen LogP) is 6.35. The summed E-state index contributed by atoms with van der Waals surface area (Å²) in [4.78, 5) is 17.2. The highest BCUT2D eigenvalue weighted by Crippen LogP contribution is 2.35. The highest BCUT2D eigenvalue weighted by atomic mass is 16.6. The van der Waals surface area contributed by atoms with Crippen LogP contribution in [0.5, 0.6) is 0 Å². The zero-order valence-corrected chi connectivity index (χ0v) is 18.7. The maximum absolute atomic E-state index is 12.3. The molecule has 0 aliphatic heterocycles. The average molecular weight is 419 g/mol. The first-order chi connectivity index (χ1) is 14.6. The molecule has 4 N–H and O–H groups in total. The minimum atomic E-state index is -0.574. The zero-order chi connectivity index (χ0) is 22.6. The van der Waals surface area contributed by atoms with E-state index in [9.17, 15) is 4.79 Å². The van der Waals surface area contributed by atoms with E-state index < -0.39 is 11.7 Å². The molecule has 0 aromatic heterocycles. The third-order valence-corrected chi connectivity index (χ3v) is 4.66. The van der Waals surface area contributed by atoms with Crippen molar-refractivity contribution in [3.63, 3.8) is 0 Å². The number of benzene rings is 2. The van der Waals surface area contributed by atoms with E-state index in [2.05, 4.69) is 10.6 Å². The molecule has 0 spiro atoms. The summed E-state index contributed by atoms with van der Waals surface area (Å²) in [7, 11) is 0. The van der Waals surface area contributed by atoms with Crippen LogP contribution in [-0.2, 0) is 4.74 Å². The molecule has 0 saturated heterocycles. The fourth-order valence-electron chi connectivity index (χ4n) is 3.11. The molecule has 31 heavy (non-hydrogen) atoms. The van der Waals surface area contributed by atoms with Gasteiger partial charge in [-0.25, -0.2) is 4.79 Å². The van der Waals surface area contributed by atoms with E-state index in [-0.39, 0.29) is 0 Å². The molecule has 0 heterocycles. The number of amides is 1. The lowest BCUT2D eigenvalue weighted by atomic mass is 10.0. The number of nitrogens with one attached hydrogen (secondary N) is 2. The monoisotopic (exact) mass is 418 g/mol. The van der Waals surface area contributed by atoms with Crippen molar-refractivity contribution in [2.75, 3.05) is 10.6 Å². The topological polar surface area (TPSA) is 88.7 Å². The van der Waals surface area contributed by atoms with Crippen molar-refractivity contribution in [3.8, 4) is 0 Å². The molecule has 0 unspecified atom stereocenters. The fraction of sp³-hybridized carbons (Fsp3) is 0.280. The number of anilines is 3. The van der Waals surface area contributed by atoms with Crippen LogP contribution in [0.15, 0.2) is 70.9 Å². The second kappa shape index (κ2) is 9.08. The third kappa shape index (κ3) is 6.22. The minimum absolute atomic E-state index is 0.494. The second-order valence-corrected chi connectivity index (χ2v) is 8.60. The van der Waals surface area contributed by atoms with Gasteiger partial charge in [0.2, 0.25) is 0 Å². The lowest BCUT2D eigenvalue weighted by Crippen LogP contribution is -2.27. The van der Waals surface area contributed by atoms with Crippen LogP contribution in [0.1, 0.15) is 39.7 Å². The van der Waals surface area contributed by atoms with Crippen molar-refractivity contribution >= 4 is 34.6 Å². The van der Waals surface area contributed by atoms with Crippen LogP contribution in [0.2, 0.25) is 0 Å². The summed E-state index contributed by atoms with van der Waals surface area (Å²) in [6, 6.07) is 13.7. The summed E-state index contributed by atoms with van der Waals surface area (Å²) in [5.74, 6) is 0. The Bertz CT molecular complexity index is 1060. The summed E-state index contributed by atoms with van der Waals surface area (Å²) in [6.45, 7) is 9.41. The van der Waals surface area contributed by atoms with Crippen LogP contribution in [-0.4, -0.2) is 17.4 Å². The lowest BCUT2D eigenvalue weighted by Gasteiger charge is -2.21. The van der Waals surface area contributed by atoms with Crippen LogP contribution < -0.4 is 16.4 Å². The van der Waals surface area contributed by atoms with Crippen LogP contribution in [0.25, 0.3) is 0 Å². The summed E-state index contributed by atoms with van der Waals surface area (Å²) in [5.41, 5.74) is 12.2. The lowest BCUT2D eigenvalue weighted by molar-refractivity contribution is 0.0636. The minimum Gasteiger partial charge on any atom is -0.444 e. The largest absolute Gasteiger partial charge is 0.444 e. The van der Waals surface area contributed by atoms with Gasteiger partial charge in [0, 0.05) is 29.2 Å². The van der Waals surface area contributed by atoms with Crippen LogP contribution >= 0.6 is 0 Å². The van der Waals surface area contributed by atoms with E-state index in [1.807, 2.05) is 89.2 Å². The van der Waals surface area contributed by atoms with E-state index in [0.717, 1.165) is 39.6 Å². The number of hydrogen-bond donors (Lipinski definition) is 3. The van der Waals surface area contributed by atoms with Gasteiger partial charge in [-0.15, -0.1) is 0 Å². The molecular weight excluding hydrogens is 388 g/mol. The third-order valence-electron chi connectivity index (χ3n) is 4.66. The van der Waals surface area contributed by atoms with Crippen molar-refractivity contribution in [1.82, 2.24) is 0 Å². The van der Waals surface area contributed by atoms with Crippen molar-refractivity contribution in [2.45, 2.75) is 46.6 Å². The van der Waals surface area contributed by atoms with Crippen LogP contribution in [0.3, 0.4) is 0 Å². The Morgan fingerprint density at radius 2 is 1.81 bits per heavy atom. The Labute approximate surface area is 183 Å². The number of hydrogen-bond acceptors (Lipinski definition) is 5.